The van der Waals surface area contributed by atoms with Crippen molar-refractivity contribution in [1.82, 2.24) is 0 Å². The number of carbonyl (C=O) groups excluding carboxylic acids is 2. The number of anilines is 2. The molecule has 1 aromatic heterocycles. The van der Waals surface area contributed by atoms with E-state index in [0.717, 1.165) is 12.1 Å². The zero-order chi connectivity index (χ0) is 16.4. The van der Waals surface area contributed by atoms with Crippen LogP contribution >= 0.6 is 0 Å². The Hall–Kier alpha value is -2.76. The molecule has 1 aliphatic rings. The van der Waals surface area contributed by atoms with Crippen LogP contribution in [0.4, 0.5) is 11.4 Å². The van der Waals surface area contributed by atoms with Crippen molar-refractivity contribution in [3.8, 4) is 5.75 Å². The highest BCUT2D eigenvalue weighted by atomic mass is 16.5. The average Bonchev–Trinajstić information content (AvgIpc) is 3.16. The van der Waals surface area contributed by atoms with Gasteiger partial charge in [0, 0.05) is 24.7 Å². The molecule has 1 aromatic carbocycles. The smallest absolute Gasteiger partial charge is 0.291 e. The summed E-state index contributed by atoms with van der Waals surface area (Å²) in [5.74, 6) is 1.24. The average molecular weight is 314 g/mol. The molecular formula is C17H18N2O4. The lowest BCUT2D eigenvalue weighted by atomic mass is 10.2. The molecule has 0 unspecified atom stereocenters. The molecule has 23 heavy (non-hydrogen) atoms. The molecule has 0 atom stereocenters. The number of methoxy groups -OCH3 is 1. The van der Waals surface area contributed by atoms with Gasteiger partial charge in [-0.15, -0.1) is 0 Å². The second-order valence-electron chi connectivity index (χ2n) is 5.40. The van der Waals surface area contributed by atoms with Gasteiger partial charge < -0.3 is 19.4 Å². The van der Waals surface area contributed by atoms with E-state index in [4.69, 9.17) is 9.15 Å². The summed E-state index contributed by atoms with van der Waals surface area (Å²) < 4.78 is 10.7. The quantitative estimate of drug-likeness (QED) is 0.941. The van der Waals surface area contributed by atoms with E-state index in [0.29, 0.717) is 30.2 Å². The monoisotopic (exact) mass is 314 g/mol. The molecule has 1 aliphatic heterocycles. The number of nitrogens with zero attached hydrogens (tertiary/aromatic N) is 1. The number of rotatable bonds is 4. The Labute approximate surface area is 134 Å². The summed E-state index contributed by atoms with van der Waals surface area (Å²) in [6, 6.07) is 8.59. The van der Waals surface area contributed by atoms with Crippen molar-refractivity contribution in [3.05, 3.63) is 41.9 Å². The van der Waals surface area contributed by atoms with Gasteiger partial charge in [-0.3, -0.25) is 9.59 Å². The van der Waals surface area contributed by atoms with E-state index < -0.39 is 0 Å². The Balaban J connectivity index is 1.81. The first-order valence-corrected chi connectivity index (χ1v) is 7.44. The first kappa shape index (κ1) is 15.1. The summed E-state index contributed by atoms with van der Waals surface area (Å²) in [5, 5.41) is 2.76. The number of ether oxygens (including phenoxy) is 1. The van der Waals surface area contributed by atoms with Crippen LogP contribution in [0.15, 0.2) is 34.7 Å². The second kappa shape index (κ2) is 6.16. The van der Waals surface area contributed by atoms with Crippen LogP contribution in [0.5, 0.6) is 5.75 Å². The fourth-order valence-corrected chi connectivity index (χ4v) is 2.63. The van der Waals surface area contributed by atoms with Gasteiger partial charge in [0.05, 0.1) is 12.8 Å². The SMILES string of the molecule is COc1cc(NC(=O)c2ccc(C)o2)ccc1N1CCCC1=O. The highest BCUT2D eigenvalue weighted by molar-refractivity contribution is 6.03. The van der Waals surface area contributed by atoms with Crippen LogP contribution < -0.4 is 15.0 Å². The predicted octanol–water partition coefficient (Wildman–Crippen LogP) is 2.98. The van der Waals surface area contributed by atoms with Crippen LogP contribution in [0.25, 0.3) is 0 Å². The summed E-state index contributed by atoms with van der Waals surface area (Å²) in [4.78, 5) is 25.7. The van der Waals surface area contributed by atoms with E-state index in [1.54, 1.807) is 49.3 Å². The summed E-state index contributed by atoms with van der Waals surface area (Å²) in [6.45, 7) is 2.47. The normalized spacial score (nSPS) is 14.2. The van der Waals surface area contributed by atoms with E-state index in [1.165, 1.54) is 0 Å². The first-order chi connectivity index (χ1) is 11.1. The molecule has 1 N–H and O–H groups in total. The Morgan fingerprint density at radius 1 is 1.30 bits per heavy atom. The van der Waals surface area contributed by atoms with Crippen molar-refractivity contribution >= 4 is 23.2 Å². The van der Waals surface area contributed by atoms with Gasteiger partial charge in [0.2, 0.25) is 5.91 Å². The Kier molecular flexibility index (Phi) is 4.06. The van der Waals surface area contributed by atoms with E-state index in [1.807, 2.05) is 0 Å². The molecule has 0 spiro atoms. The lowest BCUT2D eigenvalue weighted by Crippen LogP contribution is -2.24. The minimum atomic E-state index is -0.329. The van der Waals surface area contributed by atoms with Crippen LogP contribution in [0.1, 0.15) is 29.2 Å². The minimum Gasteiger partial charge on any atom is -0.494 e. The summed E-state index contributed by atoms with van der Waals surface area (Å²) in [7, 11) is 1.54. The summed E-state index contributed by atoms with van der Waals surface area (Å²) in [5.41, 5.74) is 1.30. The third kappa shape index (κ3) is 3.06. The van der Waals surface area contributed by atoms with Gasteiger partial charge in [0.15, 0.2) is 5.76 Å². The van der Waals surface area contributed by atoms with Crippen molar-refractivity contribution in [2.75, 3.05) is 23.9 Å². The van der Waals surface area contributed by atoms with Crippen LogP contribution in [0, 0.1) is 6.92 Å². The number of carbonyl (C=O) groups is 2. The minimum absolute atomic E-state index is 0.0890. The van der Waals surface area contributed by atoms with Gasteiger partial charge in [-0.25, -0.2) is 0 Å². The molecule has 0 radical (unpaired) electrons. The fourth-order valence-electron chi connectivity index (χ4n) is 2.63. The van der Waals surface area contributed by atoms with Crippen molar-refractivity contribution in [3.63, 3.8) is 0 Å². The van der Waals surface area contributed by atoms with Crippen molar-refractivity contribution < 1.29 is 18.7 Å². The third-order valence-corrected chi connectivity index (χ3v) is 3.77. The standard InChI is InChI=1S/C17H18N2O4/c1-11-5-8-14(23-11)17(21)18-12-6-7-13(15(10-12)22-2)19-9-3-4-16(19)20/h5-8,10H,3-4,9H2,1-2H3,(H,18,21). The molecule has 2 amide bonds. The van der Waals surface area contributed by atoms with Crippen LogP contribution in [0.2, 0.25) is 0 Å². The maximum absolute atomic E-state index is 12.1. The molecule has 0 saturated carbocycles. The van der Waals surface area contributed by atoms with Crippen molar-refractivity contribution in [1.29, 1.82) is 0 Å². The molecule has 1 saturated heterocycles. The number of benzene rings is 1. The molecule has 6 heteroatoms. The second-order valence-corrected chi connectivity index (χ2v) is 5.40. The topological polar surface area (TPSA) is 71.8 Å². The van der Waals surface area contributed by atoms with E-state index in [-0.39, 0.29) is 17.6 Å². The molecule has 2 aromatic rings. The van der Waals surface area contributed by atoms with E-state index in [9.17, 15) is 9.59 Å². The number of furan rings is 1. The molecule has 3 rings (SSSR count). The maximum atomic E-state index is 12.1. The lowest BCUT2D eigenvalue weighted by Gasteiger charge is -2.19. The highest BCUT2D eigenvalue weighted by Crippen LogP contribution is 2.33. The van der Waals surface area contributed by atoms with Gasteiger partial charge in [-0.1, -0.05) is 0 Å². The Morgan fingerprint density at radius 2 is 2.13 bits per heavy atom. The Morgan fingerprint density at radius 3 is 2.74 bits per heavy atom. The zero-order valence-electron chi connectivity index (χ0n) is 13.1. The van der Waals surface area contributed by atoms with Crippen molar-refractivity contribution in [2.45, 2.75) is 19.8 Å². The lowest BCUT2D eigenvalue weighted by molar-refractivity contribution is -0.117. The summed E-state index contributed by atoms with van der Waals surface area (Å²) in [6.07, 6.45) is 1.40. The van der Waals surface area contributed by atoms with E-state index in [2.05, 4.69) is 5.32 Å². The number of nitrogens with one attached hydrogen (secondary N) is 1. The number of hydrogen-bond donors (Lipinski definition) is 1. The van der Waals surface area contributed by atoms with Gasteiger partial charge in [0.25, 0.3) is 5.91 Å². The number of hydrogen-bond acceptors (Lipinski definition) is 4. The molecular weight excluding hydrogens is 296 g/mol. The number of amides is 2. The van der Waals surface area contributed by atoms with E-state index >= 15 is 0 Å². The highest BCUT2D eigenvalue weighted by Gasteiger charge is 2.24. The molecule has 0 aliphatic carbocycles. The van der Waals surface area contributed by atoms with Crippen LogP contribution in [-0.4, -0.2) is 25.5 Å². The van der Waals surface area contributed by atoms with Gasteiger partial charge in [0.1, 0.15) is 11.5 Å². The predicted molar refractivity (Wildman–Crippen MR) is 86.0 cm³/mol. The number of aryl methyl sites for hydroxylation is 1. The Bertz CT molecular complexity index is 751. The van der Waals surface area contributed by atoms with Gasteiger partial charge in [-0.2, -0.15) is 0 Å². The van der Waals surface area contributed by atoms with Gasteiger partial charge in [-0.05, 0) is 37.6 Å². The molecule has 2 heterocycles. The molecule has 120 valence electrons. The zero-order valence-corrected chi connectivity index (χ0v) is 13.1. The van der Waals surface area contributed by atoms with Gasteiger partial charge >= 0.3 is 0 Å². The van der Waals surface area contributed by atoms with Crippen molar-refractivity contribution in [2.24, 2.45) is 0 Å². The molecule has 6 nitrogen and oxygen atoms in total. The summed E-state index contributed by atoms with van der Waals surface area (Å²) >= 11 is 0. The van der Waals surface area contributed by atoms with Crippen LogP contribution in [0.3, 0.4) is 0 Å². The molecule has 0 bridgehead atoms. The first-order valence-electron chi connectivity index (χ1n) is 7.44. The fraction of sp³-hybridized carbons (Fsp3) is 0.294. The maximum Gasteiger partial charge on any atom is 0.291 e. The van der Waals surface area contributed by atoms with Crippen LogP contribution in [-0.2, 0) is 4.79 Å². The largest absolute Gasteiger partial charge is 0.494 e. The molecule has 1 fully saturated rings. The third-order valence-electron chi connectivity index (χ3n) is 3.77.